The third-order valence-corrected chi connectivity index (χ3v) is 3.59. The molecule has 0 fully saturated rings. The predicted molar refractivity (Wildman–Crippen MR) is 77.4 cm³/mol. The SMILES string of the molecule is Cc1csc(NC(=O)Oc2ncsc2NC(C)C)n1. The van der Waals surface area contributed by atoms with Crippen molar-refractivity contribution in [1.29, 1.82) is 0 Å². The van der Waals surface area contributed by atoms with E-state index >= 15 is 0 Å². The van der Waals surface area contributed by atoms with E-state index in [1.807, 2.05) is 26.2 Å². The fraction of sp³-hybridized carbons (Fsp3) is 0.364. The van der Waals surface area contributed by atoms with Crippen molar-refractivity contribution in [3.05, 3.63) is 16.6 Å². The van der Waals surface area contributed by atoms with Gasteiger partial charge in [0, 0.05) is 11.4 Å². The number of nitrogens with zero attached hydrogens (tertiary/aromatic N) is 2. The van der Waals surface area contributed by atoms with Crippen molar-refractivity contribution in [2.45, 2.75) is 26.8 Å². The molecule has 0 aliphatic heterocycles. The third-order valence-electron chi connectivity index (χ3n) is 1.97. The van der Waals surface area contributed by atoms with E-state index in [2.05, 4.69) is 20.6 Å². The van der Waals surface area contributed by atoms with E-state index < -0.39 is 6.09 Å². The molecule has 0 saturated carbocycles. The summed E-state index contributed by atoms with van der Waals surface area (Å²) < 4.78 is 5.15. The fourth-order valence-corrected chi connectivity index (χ4v) is 2.71. The quantitative estimate of drug-likeness (QED) is 0.905. The molecule has 0 aromatic carbocycles. The van der Waals surface area contributed by atoms with Crippen LogP contribution in [0.3, 0.4) is 0 Å². The van der Waals surface area contributed by atoms with Gasteiger partial charge >= 0.3 is 6.09 Å². The first-order valence-corrected chi connectivity index (χ1v) is 7.41. The first-order valence-electron chi connectivity index (χ1n) is 5.65. The Morgan fingerprint density at radius 3 is 2.84 bits per heavy atom. The minimum Gasteiger partial charge on any atom is -0.388 e. The number of aryl methyl sites for hydroxylation is 1. The van der Waals surface area contributed by atoms with Crippen LogP contribution in [0, 0.1) is 6.92 Å². The molecule has 2 rings (SSSR count). The zero-order valence-electron chi connectivity index (χ0n) is 10.8. The van der Waals surface area contributed by atoms with Gasteiger partial charge in [-0.15, -0.1) is 22.7 Å². The number of carbonyl (C=O) groups is 1. The van der Waals surface area contributed by atoms with Crippen molar-refractivity contribution in [3.8, 4) is 5.88 Å². The van der Waals surface area contributed by atoms with Crippen LogP contribution in [0.25, 0.3) is 0 Å². The van der Waals surface area contributed by atoms with Crippen molar-refractivity contribution in [1.82, 2.24) is 9.97 Å². The van der Waals surface area contributed by atoms with Crippen LogP contribution in [-0.4, -0.2) is 22.1 Å². The monoisotopic (exact) mass is 298 g/mol. The summed E-state index contributed by atoms with van der Waals surface area (Å²) in [5.41, 5.74) is 2.48. The molecule has 0 aliphatic carbocycles. The van der Waals surface area contributed by atoms with Crippen LogP contribution in [0.2, 0.25) is 0 Å². The van der Waals surface area contributed by atoms with Crippen molar-refractivity contribution in [2.75, 3.05) is 10.6 Å². The van der Waals surface area contributed by atoms with E-state index in [1.54, 1.807) is 5.51 Å². The molecule has 0 bridgehead atoms. The molecule has 2 heterocycles. The summed E-state index contributed by atoms with van der Waals surface area (Å²) >= 11 is 2.74. The minimum absolute atomic E-state index is 0.243. The molecule has 2 aromatic rings. The standard InChI is InChI=1S/C11H14N4O2S2/c1-6(2)13-9-8(12-5-19-9)17-11(16)15-10-14-7(3)4-18-10/h4-6,13H,1-3H3,(H,14,15,16). The second-order valence-corrected chi connectivity index (χ2v) is 5.81. The van der Waals surface area contributed by atoms with Crippen LogP contribution >= 0.6 is 22.7 Å². The lowest BCUT2D eigenvalue weighted by atomic mass is 10.4. The maximum atomic E-state index is 11.7. The van der Waals surface area contributed by atoms with Gasteiger partial charge in [-0.05, 0) is 20.8 Å². The maximum Gasteiger partial charge on any atom is 0.420 e. The molecular weight excluding hydrogens is 284 g/mol. The molecule has 6 nitrogen and oxygen atoms in total. The molecule has 8 heteroatoms. The molecule has 19 heavy (non-hydrogen) atoms. The number of nitrogens with one attached hydrogen (secondary N) is 2. The van der Waals surface area contributed by atoms with Gasteiger partial charge < -0.3 is 10.1 Å². The molecule has 0 atom stereocenters. The lowest BCUT2D eigenvalue weighted by molar-refractivity contribution is 0.214. The van der Waals surface area contributed by atoms with Crippen LogP contribution < -0.4 is 15.4 Å². The average Bonchev–Trinajstić information content (AvgIpc) is 2.88. The van der Waals surface area contributed by atoms with E-state index in [9.17, 15) is 4.79 Å². The van der Waals surface area contributed by atoms with Crippen LogP contribution in [0.1, 0.15) is 19.5 Å². The summed E-state index contributed by atoms with van der Waals surface area (Å²) in [6.07, 6.45) is -0.591. The second-order valence-electron chi connectivity index (χ2n) is 4.09. The highest BCUT2D eigenvalue weighted by Gasteiger charge is 2.14. The van der Waals surface area contributed by atoms with Crippen molar-refractivity contribution in [3.63, 3.8) is 0 Å². The summed E-state index contributed by atoms with van der Waals surface area (Å²) in [6.45, 7) is 5.86. The Morgan fingerprint density at radius 2 is 2.21 bits per heavy atom. The highest BCUT2D eigenvalue weighted by molar-refractivity contribution is 7.14. The van der Waals surface area contributed by atoms with Gasteiger partial charge in [-0.3, -0.25) is 5.32 Å². The van der Waals surface area contributed by atoms with E-state index in [0.717, 1.165) is 10.7 Å². The van der Waals surface area contributed by atoms with Gasteiger partial charge in [-0.25, -0.2) is 14.8 Å². The number of carbonyl (C=O) groups excluding carboxylic acids is 1. The van der Waals surface area contributed by atoms with Gasteiger partial charge in [-0.2, -0.15) is 0 Å². The summed E-state index contributed by atoms with van der Waals surface area (Å²) in [4.78, 5) is 19.8. The van der Waals surface area contributed by atoms with Gasteiger partial charge in [0.25, 0.3) is 5.88 Å². The second kappa shape index (κ2) is 5.98. The number of thiazole rings is 2. The largest absolute Gasteiger partial charge is 0.420 e. The number of hydrogen-bond acceptors (Lipinski definition) is 7. The highest BCUT2D eigenvalue weighted by atomic mass is 32.1. The lowest BCUT2D eigenvalue weighted by Crippen LogP contribution is -2.18. The van der Waals surface area contributed by atoms with Crippen LogP contribution in [-0.2, 0) is 0 Å². The first-order chi connectivity index (χ1) is 9.04. The molecule has 0 saturated heterocycles. The van der Waals surface area contributed by atoms with Gasteiger partial charge in [0.1, 0.15) is 0 Å². The van der Waals surface area contributed by atoms with Gasteiger partial charge in [0.2, 0.25) is 0 Å². The van der Waals surface area contributed by atoms with E-state index in [0.29, 0.717) is 5.13 Å². The van der Waals surface area contributed by atoms with Crippen molar-refractivity contribution in [2.24, 2.45) is 0 Å². The normalized spacial score (nSPS) is 10.5. The number of aromatic nitrogens is 2. The molecule has 0 spiro atoms. The Kier molecular flexibility index (Phi) is 4.33. The Hall–Kier alpha value is -1.67. The predicted octanol–water partition coefficient (Wildman–Crippen LogP) is 3.34. The van der Waals surface area contributed by atoms with Crippen LogP contribution in [0.5, 0.6) is 5.88 Å². The van der Waals surface area contributed by atoms with E-state index in [4.69, 9.17) is 4.74 Å². The summed E-state index contributed by atoms with van der Waals surface area (Å²) in [6, 6.07) is 0.243. The zero-order valence-corrected chi connectivity index (χ0v) is 12.4. The fourth-order valence-electron chi connectivity index (χ4n) is 1.28. The van der Waals surface area contributed by atoms with Gasteiger partial charge in [-0.1, -0.05) is 0 Å². The molecular formula is C11H14N4O2S2. The molecule has 1 amide bonds. The minimum atomic E-state index is -0.591. The summed E-state index contributed by atoms with van der Waals surface area (Å²) in [7, 11) is 0. The zero-order chi connectivity index (χ0) is 13.8. The topological polar surface area (TPSA) is 76.1 Å². The molecule has 0 radical (unpaired) electrons. The van der Waals surface area contributed by atoms with Gasteiger partial charge in [0.15, 0.2) is 10.1 Å². The maximum absolute atomic E-state index is 11.7. The highest BCUT2D eigenvalue weighted by Crippen LogP contribution is 2.28. The number of rotatable bonds is 4. The number of amides is 1. The third kappa shape index (κ3) is 3.90. The van der Waals surface area contributed by atoms with Crippen LogP contribution in [0.15, 0.2) is 10.9 Å². The Morgan fingerprint density at radius 1 is 1.42 bits per heavy atom. The molecule has 2 aromatic heterocycles. The van der Waals surface area contributed by atoms with E-state index in [1.165, 1.54) is 22.7 Å². The lowest BCUT2D eigenvalue weighted by Gasteiger charge is -2.09. The number of anilines is 2. The smallest absolute Gasteiger partial charge is 0.388 e. The molecule has 0 aliphatic rings. The van der Waals surface area contributed by atoms with E-state index in [-0.39, 0.29) is 11.9 Å². The average molecular weight is 298 g/mol. The molecule has 2 N–H and O–H groups in total. The molecule has 0 unspecified atom stereocenters. The first kappa shape index (κ1) is 13.8. The van der Waals surface area contributed by atoms with Gasteiger partial charge in [0.05, 0.1) is 11.2 Å². The Bertz CT molecular complexity index is 565. The Balaban J connectivity index is 1.97. The van der Waals surface area contributed by atoms with Crippen molar-refractivity contribution < 1.29 is 9.53 Å². The molecule has 102 valence electrons. The number of hydrogen-bond donors (Lipinski definition) is 2. The van der Waals surface area contributed by atoms with Crippen LogP contribution in [0.4, 0.5) is 14.9 Å². The van der Waals surface area contributed by atoms with Crippen molar-refractivity contribution >= 4 is 38.9 Å². The summed E-state index contributed by atoms with van der Waals surface area (Å²) in [5, 5.41) is 8.83. The Labute approximate surface area is 118 Å². The summed E-state index contributed by atoms with van der Waals surface area (Å²) in [5.74, 6) is 0.282. The number of ether oxygens (including phenoxy) is 1.